The van der Waals surface area contributed by atoms with E-state index in [1.165, 1.54) is 6.07 Å². The smallest absolute Gasteiger partial charge is 0.156 e. The Balaban J connectivity index is 2.01. The van der Waals surface area contributed by atoms with Crippen molar-refractivity contribution in [1.82, 2.24) is 0 Å². The van der Waals surface area contributed by atoms with E-state index in [-0.39, 0.29) is 17.0 Å². The fraction of sp³-hybridized carbons (Fsp3) is 0.400. The molecule has 2 rings (SSSR count). The summed E-state index contributed by atoms with van der Waals surface area (Å²) in [6, 6.07) is 4.94. The number of rotatable bonds is 4. The summed E-state index contributed by atoms with van der Waals surface area (Å²) in [5.74, 6) is 0. The molecule has 1 aromatic carbocycles. The molecule has 1 atom stereocenters. The Kier molecular flexibility index (Phi) is 3.76. The minimum absolute atomic E-state index is 0.109. The highest BCUT2D eigenvalue weighted by atomic mass is 35.5. The van der Waals surface area contributed by atoms with Crippen molar-refractivity contribution >= 4 is 34.1 Å². The number of nitrogens with one attached hydrogen (secondary N) is 1. The van der Waals surface area contributed by atoms with Gasteiger partial charge in [-0.1, -0.05) is 11.6 Å². The predicted octanol–water partition coefficient (Wildman–Crippen LogP) is 2.90. The van der Waals surface area contributed by atoms with Gasteiger partial charge in [0.05, 0.1) is 10.9 Å². The molecule has 1 saturated carbocycles. The SMILES string of the molecule is O=Nc1cc(Cl)ccc1NC1CC(S(=O)O)C1. The number of nitroso groups, excluding NO2 is 1. The standard InChI is InChI=1S/C10H11ClN2O3S/c11-6-1-2-9(10(3-6)13-14)12-7-4-8(5-7)17(15)16/h1-3,7-8,12H,4-5H2,(H,15,16). The maximum atomic E-state index is 10.7. The van der Waals surface area contributed by atoms with E-state index in [4.69, 9.17) is 16.2 Å². The van der Waals surface area contributed by atoms with Gasteiger partial charge >= 0.3 is 0 Å². The zero-order valence-corrected chi connectivity index (χ0v) is 10.4. The van der Waals surface area contributed by atoms with Crippen LogP contribution in [0.1, 0.15) is 12.8 Å². The zero-order chi connectivity index (χ0) is 12.4. The van der Waals surface area contributed by atoms with Crippen LogP contribution in [0.5, 0.6) is 0 Å². The van der Waals surface area contributed by atoms with Crippen LogP contribution < -0.4 is 5.32 Å². The minimum atomic E-state index is -1.76. The van der Waals surface area contributed by atoms with Gasteiger partial charge in [0.2, 0.25) is 0 Å². The summed E-state index contributed by atoms with van der Waals surface area (Å²) in [5, 5.41) is 6.28. The van der Waals surface area contributed by atoms with E-state index in [2.05, 4.69) is 10.5 Å². The highest BCUT2D eigenvalue weighted by molar-refractivity contribution is 7.80. The highest BCUT2D eigenvalue weighted by Gasteiger charge is 2.33. The molecule has 0 bridgehead atoms. The van der Waals surface area contributed by atoms with E-state index in [9.17, 15) is 9.12 Å². The van der Waals surface area contributed by atoms with Crippen LogP contribution in [-0.2, 0) is 11.1 Å². The average molecular weight is 275 g/mol. The molecule has 0 aliphatic heterocycles. The van der Waals surface area contributed by atoms with Crippen molar-refractivity contribution in [3.63, 3.8) is 0 Å². The van der Waals surface area contributed by atoms with E-state index in [0.717, 1.165) is 0 Å². The molecule has 1 fully saturated rings. The van der Waals surface area contributed by atoms with Crippen molar-refractivity contribution in [1.29, 1.82) is 0 Å². The first kappa shape index (κ1) is 12.5. The number of benzene rings is 1. The Morgan fingerprint density at radius 1 is 1.47 bits per heavy atom. The summed E-state index contributed by atoms with van der Waals surface area (Å²) in [7, 11) is 0. The van der Waals surface area contributed by atoms with Crippen molar-refractivity contribution in [2.45, 2.75) is 24.1 Å². The van der Waals surface area contributed by atoms with Gasteiger partial charge in [-0.2, -0.15) is 0 Å². The van der Waals surface area contributed by atoms with Crippen LogP contribution in [0.15, 0.2) is 23.4 Å². The van der Waals surface area contributed by atoms with Crippen LogP contribution in [0.2, 0.25) is 5.02 Å². The van der Waals surface area contributed by atoms with Crippen LogP contribution in [0.3, 0.4) is 0 Å². The molecule has 1 aromatic rings. The predicted molar refractivity (Wildman–Crippen MR) is 68.1 cm³/mol. The molecule has 1 unspecified atom stereocenters. The zero-order valence-electron chi connectivity index (χ0n) is 8.80. The largest absolute Gasteiger partial charge is 0.380 e. The molecule has 5 nitrogen and oxygen atoms in total. The van der Waals surface area contributed by atoms with Crippen LogP contribution >= 0.6 is 11.6 Å². The second-order valence-electron chi connectivity index (χ2n) is 3.96. The van der Waals surface area contributed by atoms with Gasteiger partial charge in [-0.25, -0.2) is 4.21 Å². The van der Waals surface area contributed by atoms with Crippen LogP contribution in [0.4, 0.5) is 11.4 Å². The summed E-state index contributed by atoms with van der Waals surface area (Å²) in [6.07, 6.45) is 1.23. The lowest BCUT2D eigenvalue weighted by Crippen LogP contribution is -2.41. The van der Waals surface area contributed by atoms with Gasteiger partial charge in [-0.15, -0.1) is 4.91 Å². The second kappa shape index (κ2) is 5.12. The normalized spacial score (nSPS) is 24.8. The van der Waals surface area contributed by atoms with Gasteiger partial charge in [0.15, 0.2) is 11.1 Å². The molecule has 92 valence electrons. The molecule has 2 N–H and O–H groups in total. The molecule has 0 amide bonds. The molecule has 1 aliphatic carbocycles. The molecule has 0 heterocycles. The van der Waals surface area contributed by atoms with Crippen molar-refractivity contribution in [3.8, 4) is 0 Å². The Hall–Kier alpha value is -0.980. The lowest BCUT2D eigenvalue weighted by atomic mass is 9.92. The molecule has 0 saturated heterocycles. The van der Waals surface area contributed by atoms with Crippen molar-refractivity contribution in [2.24, 2.45) is 5.18 Å². The van der Waals surface area contributed by atoms with E-state index in [1.54, 1.807) is 12.1 Å². The Morgan fingerprint density at radius 2 is 2.18 bits per heavy atom. The maximum absolute atomic E-state index is 10.7. The number of hydrogen-bond donors (Lipinski definition) is 2. The quantitative estimate of drug-likeness (QED) is 0.654. The van der Waals surface area contributed by atoms with E-state index < -0.39 is 11.1 Å². The van der Waals surface area contributed by atoms with Crippen molar-refractivity contribution in [3.05, 3.63) is 28.1 Å². The molecular formula is C10H11ClN2O3S. The van der Waals surface area contributed by atoms with Gasteiger partial charge in [-0.3, -0.25) is 0 Å². The van der Waals surface area contributed by atoms with Crippen LogP contribution in [0.25, 0.3) is 0 Å². The molecule has 17 heavy (non-hydrogen) atoms. The lowest BCUT2D eigenvalue weighted by molar-refractivity contribution is 0.423. The number of hydrogen-bond acceptors (Lipinski definition) is 4. The summed E-state index contributed by atoms with van der Waals surface area (Å²) in [4.78, 5) is 10.6. The van der Waals surface area contributed by atoms with E-state index >= 15 is 0 Å². The van der Waals surface area contributed by atoms with Gasteiger partial charge in [0.1, 0.15) is 5.69 Å². The molecule has 1 aliphatic rings. The number of anilines is 1. The lowest BCUT2D eigenvalue weighted by Gasteiger charge is -2.34. The third kappa shape index (κ3) is 2.83. The fourth-order valence-electron chi connectivity index (χ4n) is 1.77. The van der Waals surface area contributed by atoms with Gasteiger partial charge in [-0.05, 0) is 36.2 Å². The summed E-state index contributed by atoms with van der Waals surface area (Å²) in [6.45, 7) is 0. The van der Waals surface area contributed by atoms with Crippen LogP contribution in [0, 0.1) is 4.91 Å². The molecule has 0 radical (unpaired) electrons. The first-order valence-corrected chi connectivity index (χ1v) is 6.64. The van der Waals surface area contributed by atoms with Gasteiger partial charge < -0.3 is 9.87 Å². The fourth-order valence-corrected chi connectivity index (χ4v) is 2.73. The van der Waals surface area contributed by atoms with Gasteiger partial charge in [0.25, 0.3) is 0 Å². The summed E-state index contributed by atoms with van der Waals surface area (Å²) < 4.78 is 19.6. The Bertz CT molecular complexity index is 463. The maximum Gasteiger partial charge on any atom is 0.156 e. The third-order valence-corrected chi connectivity index (χ3v) is 3.99. The average Bonchev–Trinajstić information content (AvgIpc) is 2.23. The summed E-state index contributed by atoms with van der Waals surface area (Å²) >= 11 is 3.99. The summed E-state index contributed by atoms with van der Waals surface area (Å²) in [5.41, 5.74) is 0.864. The monoisotopic (exact) mass is 274 g/mol. The van der Waals surface area contributed by atoms with Crippen molar-refractivity contribution < 1.29 is 8.76 Å². The topological polar surface area (TPSA) is 78.8 Å². The number of nitrogens with zero attached hydrogens (tertiary/aromatic N) is 1. The van der Waals surface area contributed by atoms with Gasteiger partial charge in [0, 0.05) is 11.1 Å². The van der Waals surface area contributed by atoms with Crippen LogP contribution in [-0.4, -0.2) is 20.1 Å². The molecule has 0 aromatic heterocycles. The first-order valence-electron chi connectivity index (χ1n) is 5.09. The molecule has 0 spiro atoms. The first-order chi connectivity index (χ1) is 8.10. The number of halogens is 1. The van der Waals surface area contributed by atoms with E-state index in [0.29, 0.717) is 23.6 Å². The second-order valence-corrected chi connectivity index (χ2v) is 5.62. The molecule has 7 heteroatoms. The minimum Gasteiger partial charge on any atom is -0.380 e. The van der Waals surface area contributed by atoms with Crippen molar-refractivity contribution in [2.75, 3.05) is 5.32 Å². The molecular weight excluding hydrogens is 264 g/mol. The van der Waals surface area contributed by atoms with E-state index in [1.807, 2.05) is 0 Å². The Labute approximate surface area is 106 Å². The Morgan fingerprint density at radius 3 is 2.76 bits per heavy atom. The third-order valence-electron chi connectivity index (χ3n) is 2.80. The highest BCUT2D eigenvalue weighted by Crippen LogP contribution is 2.33.